The molecule has 182 valence electrons. The lowest BCUT2D eigenvalue weighted by Crippen LogP contribution is -2.46. The molecule has 33 heavy (non-hydrogen) atoms. The first-order valence-electron chi connectivity index (χ1n) is 13.4. The number of hydrogen-bond donors (Lipinski definition) is 2. The molecule has 1 saturated heterocycles. The van der Waals surface area contributed by atoms with Gasteiger partial charge < -0.3 is 10.6 Å². The maximum atomic E-state index is 13.7. The van der Waals surface area contributed by atoms with Crippen molar-refractivity contribution in [1.29, 1.82) is 5.41 Å². The van der Waals surface area contributed by atoms with Crippen molar-refractivity contribution in [1.82, 2.24) is 4.90 Å². The van der Waals surface area contributed by atoms with Crippen LogP contribution in [0.15, 0.2) is 24.3 Å². The smallest absolute Gasteiger partial charge is 0.230 e. The van der Waals surface area contributed by atoms with Crippen molar-refractivity contribution < 1.29 is 4.79 Å². The molecule has 1 saturated carbocycles. The van der Waals surface area contributed by atoms with E-state index in [0.717, 1.165) is 50.8 Å². The summed E-state index contributed by atoms with van der Waals surface area (Å²) in [5.41, 5.74) is 8.28. The van der Waals surface area contributed by atoms with Gasteiger partial charge >= 0.3 is 0 Å². The van der Waals surface area contributed by atoms with Gasteiger partial charge in [-0.25, -0.2) is 0 Å². The van der Waals surface area contributed by atoms with Crippen LogP contribution in [0.25, 0.3) is 0 Å². The number of nitrogens with one attached hydrogen (secondary N) is 1. The third kappa shape index (κ3) is 5.62. The summed E-state index contributed by atoms with van der Waals surface area (Å²) in [6, 6.07) is 9.90. The van der Waals surface area contributed by atoms with E-state index in [1.54, 1.807) is 0 Å². The number of fused-ring (bicyclic) bond motifs is 1. The number of piperidine rings is 1. The molecule has 0 aromatic heterocycles. The van der Waals surface area contributed by atoms with Crippen LogP contribution in [0.1, 0.15) is 83.6 Å². The standard InChI is InChI=1S/C28H44N4O/c1-20-10-8-11-21(2)31(20)16-6-3-7-17-32-26-15-5-4-12-23(26)19-25(28(32)33)22-13-9-14-24(18-22)27(29)30/h4-5,12,15,20-22,24-25H,3,6-11,13-14,16-19H2,1-2H3,(H3,29,30)/t20-,21+,22?,24?,25?. The number of para-hydroxylation sites is 1. The van der Waals surface area contributed by atoms with Crippen LogP contribution in [-0.2, 0) is 11.2 Å². The minimum Gasteiger partial charge on any atom is -0.387 e. The summed E-state index contributed by atoms with van der Waals surface area (Å²) < 4.78 is 0. The number of carbonyl (C=O) groups excluding carboxylic acids is 1. The predicted octanol–water partition coefficient (Wildman–Crippen LogP) is 5.37. The van der Waals surface area contributed by atoms with E-state index in [1.807, 2.05) is 0 Å². The Balaban J connectivity index is 1.36. The lowest BCUT2D eigenvalue weighted by molar-refractivity contribution is -0.125. The van der Waals surface area contributed by atoms with Crippen molar-refractivity contribution in [3.05, 3.63) is 29.8 Å². The molecule has 3 unspecified atom stereocenters. The number of likely N-dealkylation sites (tertiary alicyclic amines) is 1. The van der Waals surface area contributed by atoms with E-state index in [-0.39, 0.29) is 11.8 Å². The second-order valence-electron chi connectivity index (χ2n) is 10.9. The molecule has 1 aliphatic carbocycles. The van der Waals surface area contributed by atoms with Crippen LogP contribution in [-0.4, -0.2) is 41.8 Å². The van der Waals surface area contributed by atoms with Crippen LogP contribution in [0.3, 0.4) is 0 Å². The van der Waals surface area contributed by atoms with Crippen LogP contribution < -0.4 is 10.6 Å². The molecule has 5 atom stereocenters. The van der Waals surface area contributed by atoms with Gasteiger partial charge in [-0.15, -0.1) is 0 Å². The lowest BCUT2D eigenvalue weighted by atomic mass is 9.71. The molecule has 1 aromatic carbocycles. The first-order valence-corrected chi connectivity index (χ1v) is 13.4. The number of benzene rings is 1. The summed E-state index contributed by atoms with van der Waals surface area (Å²) in [6.45, 7) is 6.76. The fourth-order valence-corrected chi connectivity index (χ4v) is 6.72. The minimum absolute atomic E-state index is 0.0390. The number of anilines is 1. The number of amidine groups is 1. The van der Waals surface area contributed by atoms with Crippen LogP contribution in [0.5, 0.6) is 0 Å². The van der Waals surface area contributed by atoms with Crippen molar-refractivity contribution in [2.24, 2.45) is 23.5 Å². The van der Waals surface area contributed by atoms with Crippen molar-refractivity contribution in [3.8, 4) is 0 Å². The van der Waals surface area contributed by atoms with Gasteiger partial charge in [0.25, 0.3) is 0 Å². The summed E-state index contributed by atoms with van der Waals surface area (Å²) in [7, 11) is 0. The highest BCUT2D eigenvalue weighted by molar-refractivity contribution is 5.98. The van der Waals surface area contributed by atoms with Gasteiger partial charge in [0.15, 0.2) is 0 Å². The molecular weight excluding hydrogens is 408 g/mol. The van der Waals surface area contributed by atoms with E-state index in [1.165, 1.54) is 44.2 Å². The molecule has 5 nitrogen and oxygen atoms in total. The van der Waals surface area contributed by atoms with Crippen molar-refractivity contribution >= 4 is 17.4 Å². The minimum atomic E-state index is 0.0390. The molecule has 1 amide bonds. The molecule has 4 rings (SSSR count). The normalized spacial score (nSPS) is 30.8. The highest BCUT2D eigenvalue weighted by Gasteiger charge is 2.39. The summed E-state index contributed by atoms with van der Waals surface area (Å²) in [5, 5.41) is 7.91. The fourth-order valence-electron chi connectivity index (χ4n) is 6.72. The number of carbonyl (C=O) groups is 1. The van der Waals surface area contributed by atoms with Gasteiger partial charge in [-0.05, 0) is 89.3 Å². The number of unbranched alkanes of at least 4 members (excludes halogenated alkanes) is 2. The van der Waals surface area contributed by atoms with Gasteiger partial charge in [0.05, 0.1) is 5.84 Å². The van der Waals surface area contributed by atoms with Crippen molar-refractivity contribution in [2.75, 3.05) is 18.0 Å². The Morgan fingerprint density at radius 1 is 1.00 bits per heavy atom. The van der Waals surface area contributed by atoms with Gasteiger partial charge in [0.1, 0.15) is 0 Å². The Kier molecular flexibility index (Phi) is 8.11. The molecule has 3 N–H and O–H groups in total. The average Bonchev–Trinajstić information content (AvgIpc) is 2.81. The topological polar surface area (TPSA) is 73.4 Å². The van der Waals surface area contributed by atoms with Crippen LogP contribution >= 0.6 is 0 Å². The Morgan fingerprint density at radius 2 is 1.70 bits per heavy atom. The molecule has 5 heteroatoms. The molecule has 0 bridgehead atoms. The lowest BCUT2D eigenvalue weighted by Gasteiger charge is -2.40. The molecule has 2 aliphatic heterocycles. The summed E-state index contributed by atoms with van der Waals surface area (Å²) in [6.07, 6.45) is 12.4. The molecule has 2 fully saturated rings. The van der Waals surface area contributed by atoms with E-state index in [0.29, 0.717) is 29.7 Å². The van der Waals surface area contributed by atoms with Gasteiger partial charge in [0, 0.05) is 36.2 Å². The number of hydrogen-bond acceptors (Lipinski definition) is 3. The second-order valence-corrected chi connectivity index (χ2v) is 10.9. The SMILES string of the molecule is C[C@@H]1CCC[C@H](C)N1CCCCCN1C(=O)C(C2CCCC(C(=N)N)C2)Cc2ccccc21. The van der Waals surface area contributed by atoms with Gasteiger partial charge in [-0.3, -0.25) is 15.1 Å². The summed E-state index contributed by atoms with van der Waals surface area (Å²) in [5.74, 6) is 1.15. The Hall–Kier alpha value is -1.88. The number of nitrogens with zero attached hydrogens (tertiary/aromatic N) is 2. The van der Waals surface area contributed by atoms with E-state index >= 15 is 0 Å². The number of amides is 1. The zero-order chi connectivity index (χ0) is 23.4. The Morgan fingerprint density at radius 3 is 2.45 bits per heavy atom. The Labute approximate surface area is 200 Å². The predicted molar refractivity (Wildman–Crippen MR) is 137 cm³/mol. The van der Waals surface area contributed by atoms with Crippen LogP contribution in [0.4, 0.5) is 5.69 Å². The Bertz CT molecular complexity index is 814. The maximum absolute atomic E-state index is 13.7. The van der Waals surface area contributed by atoms with E-state index in [4.69, 9.17) is 11.1 Å². The zero-order valence-electron chi connectivity index (χ0n) is 20.8. The third-order valence-electron chi connectivity index (χ3n) is 8.70. The first kappa shape index (κ1) is 24.3. The molecule has 0 radical (unpaired) electrons. The maximum Gasteiger partial charge on any atom is 0.230 e. The third-order valence-corrected chi connectivity index (χ3v) is 8.70. The fraction of sp³-hybridized carbons (Fsp3) is 0.714. The van der Waals surface area contributed by atoms with E-state index < -0.39 is 0 Å². The summed E-state index contributed by atoms with van der Waals surface area (Å²) >= 11 is 0. The number of nitrogens with two attached hydrogens (primary N) is 1. The van der Waals surface area contributed by atoms with Crippen molar-refractivity contribution in [3.63, 3.8) is 0 Å². The van der Waals surface area contributed by atoms with Gasteiger partial charge in [0.2, 0.25) is 5.91 Å². The zero-order valence-corrected chi connectivity index (χ0v) is 20.8. The number of rotatable bonds is 8. The molecule has 1 aromatic rings. The second kappa shape index (κ2) is 11.0. The largest absolute Gasteiger partial charge is 0.387 e. The summed E-state index contributed by atoms with van der Waals surface area (Å²) in [4.78, 5) is 18.5. The van der Waals surface area contributed by atoms with Crippen LogP contribution in [0.2, 0.25) is 0 Å². The monoisotopic (exact) mass is 452 g/mol. The molecule has 0 spiro atoms. The van der Waals surface area contributed by atoms with E-state index in [2.05, 4.69) is 47.9 Å². The van der Waals surface area contributed by atoms with Crippen molar-refractivity contribution in [2.45, 2.75) is 96.6 Å². The van der Waals surface area contributed by atoms with E-state index in [9.17, 15) is 4.79 Å². The molecule has 3 aliphatic rings. The first-order chi connectivity index (χ1) is 16.0. The highest BCUT2D eigenvalue weighted by Crippen LogP contribution is 2.41. The van der Waals surface area contributed by atoms with Gasteiger partial charge in [-0.2, -0.15) is 0 Å². The quantitative estimate of drug-likeness (QED) is 0.316. The van der Waals surface area contributed by atoms with Gasteiger partial charge in [-0.1, -0.05) is 37.5 Å². The molecule has 2 heterocycles. The molecular formula is C28H44N4O. The highest BCUT2D eigenvalue weighted by atomic mass is 16.2. The average molecular weight is 453 g/mol. The van der Waals surface area contributed by atoms with Crippen LogP contribution in [0, 0.1) is 23.2 Å².